The Balaban J connectivity index is 0.00000169. The number of aryl methyl sites for hydroxylation is 1. The zero-order chi connectivity index (χ0) is 9.52. The second kappa shape index (κ2) is 7.51. The van der Waals surface area contributed by atoms with E-state index in [0.29, 0.717) is 0 Å². The van der Waals surface area contributed by atoms with Crippen molar-refractivity contribution in [1.29, 1.82) is 0 Å². The number of hydrogen-bond acceptors (Lipinski definition) is 1. The van der Waals surface area contributed by atoms with Crippen molar-refractivity contribution in [3.63, 3.8) is 0 Å². The molecule has 0 amide bonds. The first kappa shape index (κ1) is 13.1. The van der Waals surface area contributed by atoms with Gasteiger partial charge in [-0.15, -0.1) is 0 Å². The fraction of sp³-hybridized carbons (Fsp3) is 0.500. The quantitative estimate of drug-likeness (QED) is 0.708. The average molecular weight is 197 g/mol. The predicted molar refractivity (Wildman–Crippen MR) is 59.3 cm³/mol. The third-order valence-electron chi connectivity index (χ3n) is 2.23. The molecule has 1 nitrogen and oxygen atoms in total. The summed E-state index contributed by atoms with van der Waals surface area (Å²) in [4.78, 5) is 0. The molecule has 14 heavy (non-hydrogen) atoms. The molecule has 0 aliphatic carbocycles. The van der Waals surface area contributed by atoms with Crippen LogP contribution in [0.25, 0.3) is 0 Å². The monoisotopic (exact) mass is 197 g/mol. The molecular formula is C12H20FN. The van der Waals surface area contributed by atoms with Crippen LogP contribution in [0.4, 0.5) is 4.39 Å². The van der Waals surface area contributed by atoms with Crippen LogP contribution in [0.1, 0.15) is 38.2 Å². The van der Waals surface area contributed by atoms with Crippen LogP contribution in [-0.2, 0) is 6.42 Å². The lowest BCUT2D eigenvalue weighted by atomic mass is 10.1. The zero-order valence-electron chi connectivity index (χ0n) is 8.93. The van der Waals surface area contributed by atoms with Gasteiger partial charge in [0.15, 0.2) is 0 Å². The third kappa shape index (κ3) is 4.97. The van der Waals surface area contributed by atoms with Gasteiger partial charge in [0.25, 0.3) is 0 Å². The van der Waals surface area contributed by atoms with Gasteiger partial charge in [-0.3, -0.25) is 0 Å². The third-order valence-corrected chi connectivity index (χ3v) is 2.23. The van der Waals surface area contributed by atoms with Crippen molar-refractivity contribution < 1.29 is 4.39 Å². The minimum absolute atomic E-state index is 0. The molecule has 0 saturated carbocycles. The van der Waals surface area contributed by atoms with Gasteiger partial charge in [0, 0.05) is 0 Å². The highest BCUT2D eigenvalue weighted by Crippen LogP contribution is 2.08. The smallest absolute Gasteiger partial charge is 0.123 e. The molecule has 0 radical (unpaired) electrons. The van der Waals surface area contributed by atoms with Crippen LogP contribution in [0.3, 0.4) is 0 Å². The van der Waals surface area contributed by atoms with Crippen LogP contribution < -0.4 is 6.15 Å². The van der Waals surface area contributed by atoms with Gasteiger partial charge in [0.2, 0.25) is 0 Å². The highest BCUT2D eigenvalue weighted by Gasteiger charge is 1.93. The highest BCUT2D eigenvalue weighted by molar-refractivity contribution is 5.15. The lowest BCUT2D eigenvalue weighted by Gasteiger charge is -2.00. The Labute approximate surface area is 85.9 Å². The molecular weight excluding hydrogens is 177 g/mol. The van der Waals surface area contributed by atoms with Crippen LogP contribution in [0, 0.1) is 5.82 Å². The number of benzene rings is 1. The van der Waals surface area contributed by atoms with Crippen molar-refractivity contribution in [2.24, 2.45) is 0 Å². The van der Waals surface area contributed by atoms with Gasteiger partial charge in [0.05, 0.1) is 0 Å². The molecule has 2 heteroatoms. The number of unbranched alkanes of at least 4 members (excludes halogenated alkanes) is 3. The molecule has 1 rings (SSSR count). The van der Waals surface area contributed by atoms with Crippen LogP contribution in [0.15, 0.2) is 24.3 Å². The first-order valence-electron chi connectivity index (χ1n) is 5.07. The van der Waals surface area contributed by atoms with E-state index >= 15 is 0 Å². The van der Waals surface area contributed by atoms with E-state index in [2.05, 4.69) is 6.92 Å². The minimum Gasteiger partial charge on any atom is -0.344 e. The van der Waals surface area contributed by atoms with Crippen LogP contribution in [-0.4, -0.2) is 0 Å². The molecule has 80 valence electrons. The van der Waals surface area contributed by atoms with Crippen molar-refractivity contribution in [3.8, 4) is 0 Å². The van der Waals surface area contributed by atoms with Gasteiger partial charge in [0.1, 0.15) is 5.82 Å². The standard InChI is InChI=1S/C12H17F.H3N/c1-2-3-4-5-6-11-7-9-12(13)10-8-11;/h7-10H,2-6H2,1H3;1H3. The number of rotatable bonds is 5. The molecule has 1 aromatic carbocycles. The Morgan fingerprint density at radius 1 is 1.00 bits per heavy atom. The molecule has 1 aromatic rings. The fourth-order valence-corrected chi connectivity index (χ4v) is 1.41. The van der Waals surface area contributed by atoms with Crippen LogP contribution >= 0.6 is 0 Å². The second-order valence-electron chi connectivity index (χ2n) is 3.44. The van der Waals surface area contributed by atoms with Crippen LogP contribution in [0.5, 0.6) is 0 Å². The summed E-state index contributed by atoms with van der Waals surface area (Å²) in [5.41, 5.74) is 1.25. The van der Waals surface area contributed by atoms with E-state index in [9.17, 15) is 4.39 Å². The fourth-order valence-electron chi connectivity index (χ4n) is 1.41. The van der Waals surface area contributed by atoms with Gasteiger partial charge >= 0.3 is 0 Å². The molecule has 0 atom stereocenters. The minimum atomic E-state index is -0.141. The number of hydrogen-bond donors (Lipinski definition) is 1. The van der Waals surface area contributed by atoms with Gasteiger partial charge in [-0.2, -0.15) is 0 Å². The maximum atomic E-state index is 12.5. The summed E-state index contributed by atoms with van der Waals surface area (Å²) in [6.45, 7) is 2.21. The van der Waals surface area contributed by atoms with Crippen LogP contribution in [0.2, 0.25) is 0 Å². The molecule has 0 fully saturated rings. The molecule has 0 aliphatic heterocycles. The van der Waals surface area contributed by atoms with Crippen molar-refractivity contribution in [2.45, 2.75) is 39.0 Å². The van der Waals surface area contributed by atoms with Crippen molar-refractivity contribution in [1.82, 2.24) is 6.15 Å². The van der Waals surface area contributed by atoms with Gasteiger partial charge in [-0.05, 0) is 30.5 Å². The summed E-state index contributed by atoms with van der Waals surface area (Å²) < 4.78 is 12.5. The lowest BCUT2D eigenvalue weighted by molar-refractivity contribution is 0.625. The Morgan fingerprint density at radius 3 is 2.21 bits per heavy atom. The van der Waals surface area contributed by atoms with E-state index in [0.717, 1.165) is 6.42 Å². The largest absolute Gasteiger partial charge is 0.344 e. The Bertz CT molecular complexity index is 231. The lowest BCUT2D eigenvalue weighted by Crippen LogP contribution is -1.85. The Kier molecular flexibility index (Phi) is 7.03. The SMILES string of the molecule is CCCCCCc1ccc(F)cc1.N. The molecule has 3 N–H and O–H groups in total. The summed E-state index contributed by atoms with van der Waals surface area (Å²) in [5.74, 6) is -0.141. The topological polar surface area (TPSA) is 35.0 Å². The summed E-state index contributed by atoms with van der Waals surface area (Å²) >= 11 is 0. The van der Waals surface area contributed by atoms with E-state index in [-0.39, 0.29) is 12.0 Å². The maximum absolute atomic E-state index is 12.5. The molecule has 0 unspecified atom stereocenters. The zero-order valence-corrected chi connectivity index (χ0v) is 8.93. The van der Waals surface area contributed by atoms with Crippen molar-refractivity contribution >= 4 is 0 Å². The maximum Gasteiger partial charge on any atom is 0.123 e. The average Bonchev–Trinajstić information content (AvgIpc) is 2.15. The van der Waals surface area contributed by atoms with E-state index < -0.39 is 0 Å². The highest BCUT2D eigenvalue weighted by atomic mass is 19.1. The van der Waals surface area contributed by atoms with E-state index in [4.69, 9.17) is 0 Å². The van der Waals surface area contributed by atoms with E-state index in [1.54, 1.807) is 0 Å². The molecule has 0 heterocycles. The Morgan fingerprint density at radius 2 is 1.64 bits per heavy atom. The summed E-state index contributed by atoms with van der Waals surface area (Å²) in [6.07, 6.45) is 6.16. The first-order chi connectivity index (χ1) is 6.33. The molecule has 0 aromatic heterocycles. The van der Waals surface area contributed by atoms with E-state index in [1.807, 2.05) is 12.1 Å². The summed E-state index contributed by atoms with van der Waals surface area (Å²) in [5, 5.41) is 0. The Hall–Kier alpha value is -0.890. The molecule has 0 spiro atoms. The molecule has 0 saturated heterocycles. The van der Waals surface area contributed by atoms with Gasteiger partial charge < -0.3 is 6.15 Å². The predicted octanol–water partition coefficient (Wildman–Crippen LogP) is 4.11. The van der Waals surface area contributed by atoms with Crippen molar-refractivity contribution in [3.05, 3.63) is 35.6 Å². The normalized spacial score (nSPS) is 9.57. The van der Waals surface area contributed by atoms with Gasteiger partial charge in [-0.1, -0.05) is 38.3 Å². The second-order valence-corrected chi connectivity index (χ2v) is 3.44. The van der Waals surface area contributed by atoms with Gasteiger partial charge in [-0.25, -0.2) is 4.39 Å². The van der Waals surface area contributed by atoms with E-state index in [1.165, 1.54) is 43.4 Å². The summed E-state index contributed by atoms with van der Waals surface area (Å²) in [7, 11) is 0. The molecule has 0 aliphatic rings. The number of halogens is 1. The van der Waals surface area contributed by atoms with Crippen molar-refractivity contribution in [2.75, 3.05) is 0 Å². The molecule has 0 bridgehead atoms. The summed E-state index contributed by atoms with van der Waals surface area (Å²) in [6, 6.07) is 6.83. The first-order valence-corrected chi connectivity index (χ1v) is 5.07.